The van der Waals surface area contributed by atoms with E-state index in [9.17, 15) is 4.79 Å². The molecule has 1 saturated carbocycles. The molecule has 1 aromatic rings. The van der Waals surface area contributed by atoms with E-state index < -0.39 is 0 Å². The summed E-state index contributed by atoms with van der Waals surface area (Å²) in [6.07, 6.45) is 6.40. The number of nitrogens with one attached hydrogen (secondary N) is 1. The van der Waals surface area contributed by atoms with Crippen molar-refractivity contribution >= 4 is 21.7 Å². The number of hydrogen-bond donors (Lipinski definition) is 1. The second kappa shape index (κ2) is 5.21. The molecule has 2 unspecified atom stereocenters. The van der Waals surface area contributed by atoms with Crippen LogP contribution in [0.25, 0.3) is 0 Å². The first-order chi connectivity index (χ1) is 8.09. The van der Waals surface area contributed by atoms with Crippen LogP contribution in [-0.4, -0.2) is 23.1 Å². The van der Waals surface area contributed by atoms with E-state index in [0.717, 1.165) is 11.7 Å². The van der Waals surface area contributed by atoms with Crippen molar-refractivity contribution in [2.45, 2.75) is 38.6 Å². The van der Waals surface area contributed by atoms with E-state index in [1.807, 2.05) is 7.05 Å². The van der Waals surface area contributed by atoms with Gasteiger partial charge in [0.1, 0.15) is 10.3 Å². The van der Waals surface area contributed by atoms with E-state index in [2.05, 4.69) is 37.7 Å². The molecule has 17 heavy (non-hydrogen) atoms. The number of anilines is 1. The van der Waals surface area contributed by atoms with Crippen LogP contribution >= 0.6 is 15.9 Å². The summed E-state index contributed by atoms with van der Waals surface area (Å²) >= 11 is 3.31. The van der Waals surface area contributed by atoms with Crippen molar-refractivity contribution in [1.82, 2.24) is 9.97 Å². The number of nitrogens with zero attached hydrogens (tertiary/aromatic N) is 2. The van der Waals surface area contributed by atoms with E-state index in [-0.39, 0.29) is 5.56 Å². The van der Waals surface area contributed by atoms with Crippen molar-refractivity contribution in [3.8, 4) is 0 Å². The van der Waals surface area contributed by atoms with Gasteiger partial charge < -0.3 is 9.88 Å². The highest BCUT2D eigenvalue weighted by atomic mass is 79.9. The van der Waals surface area contributed by atoms with Crippen LogP contribution in [0.5, 0.6) is 0 Å². The van der Waals surface area contributed by atoms with Crippen LogP contribution in [0, 0.1) is 5.92 Å². The molecule has 0 bridgehead atoms. The first kappa shape index (κ1) is 12.6. The SMILES string of the molecule is CC1CCCC(N(C)c2nc[nH]c(=O)c2Br)C1. The van der Waals surface area contributed by atoms with Crippen molar-refractivity contribution in [2.24, 2.45) is 5.92 Å². The molecule has 0 spiro atoms. The van der Waals surface area contributed by atoms with Crippen molar-refractivity contribution < 1.29 is 0 Å². The van der Waals surface area contributed by atoms with Crippen LogP contribution < -0.4 is 10.5 Å². The molecule has 0 aliphatic heterocycles. The minimum Gasteiger partial charge on any atom is -0.356 e. The third kappa shape index (κ3) is 2.70. The molecule has 1 aliphatic rings. The molecule has 1 N–H and O–H groups in total. The van der Waals surface area contributed by atoms with Gasteiger partial charge in [-0.1, -0.05) is 19.8 Å². The van der Waals surface area contributed by atoms with Crippen LogP contribution in [0.1, 0.15) is 32.6 Å². The molecule has 4 nitrogen and oxygen atoms in total. The highest BCUT2D eigenvalue weighted by molar-refractivity contribution is 9.10. The average Bonchev–Trinajstić information content (AvgIpc) is 2.32. The minimum absolute atomic E-state index is 0.120. The second-order valence-corrected chi connectivity index (χ2v) is 5.70. The molecule has 5 heteroatoms. The molecular formula is C12H18BrN3O. The monoisotopic (exact) mass is 299 g/mol. The predicted octanol–water partition coefficient (Wildman–Crippen LogP) is 2.55. The fraction of sp³-hybridized carbons (Fsp3) is 0.667. The molecule has 0 saturated heterocycles. The molecule has 1 aliphatic carbocycles. The quantitative estimate of drug-likeness (QED) is 0.913. The third-order valence-corrected chi connectivity index (χ3v) is 4.28. The lowest BCUT2D eigenvalue weighted by molar-refractivity contribution is 0.335. The fourth-order valence-electron chi connectivity index (χ4n) is 2.55. The van der Waals surface area contributed by atoms with Gasteiger partial charge >= 0.3 is 0 Å². The van der Waals surface area contributed by atoms with E-state index in [4.69, 9.17) is 0 Å². The van der Waals surface area contributed by atoms with Gasteiger partial charge in [0.05, 0.1) is 6.33 Å². The van der Waals surface area contributed by atoms with Crippen molar-refractivity contribution in [1.29, 1.82) is 0 Å². The predicted molar refractivity (Wildman–Crippen MR) is 72.4 cm³/mol. The molecule has 2 rings (SSSR count). The Bertz CT molecular complexity index is 446. The van der Waals surface area contributed by atoms with Gasteiger partial charge in [-0.3, -0.25) is 4.79 Å². The van der Waals surface area contributed by atoms with Crippen molar-refractivity contribution in [3.63, 3.8) is 0 Å². The highest BCUT2D eigenvalue weighted by Crippen LogP contribution is 2.30. The van der Waals surface area contributed by atoms with Crippen LogP contribution in [0.15, 0.2) is 15.6 Å². The summed E-state index contributed by atoms with van der Waals surface area (Å²) in [5.74, 6) is 1.50. The molecule has 0 radical (unpaired) electrons. The standard InChI is InChI=1S/C12H18BrN3O/c1-8-4-3-5-9(6-8)16(2)11-10(13)12(17)15-7-14-11/h7-9H,3-6H2,1-2H3,(H,14,15,17). The summed E-state index contributed by atoms with van der Waals surface area (Å²) < 4.78 is 0.528. The van der Waals surface area contributed by atoms with Gasteiger partial charge in [-0.25, -0.2) is 4.98 Å². The van der Waals surface area contributed by atoms with Crippen molar-refractivity contribution in [3.05, 3.63) is 21.2 Å². The molecule has 1 heterocycles. The topological polar surface area (TPSA) is 49.0 Å². The van der Waals surface area contributed by atoms with Crippen LogP contribution in [0.3, 0.4) is 0 Å². The molecule has 94 valence electrons. The van der Waals surface area contributed by atoms with Gasteiger partial charge in [0, 0.05) is 13.1 Å². The normalized spacial score (nSPS) is 24.6. The Morgan fingerprint density at radius 1 is 1.53 bits per heavy atom. The second-order valence-electron chi connectivity index (χ2n) is 4.91. The van der Waals surface area contributed by atoms with Crippen LogP contribution in [0.2, 0.25) is 0 Å². The molecule has 1 aromatic heterocycles. The largest absolute Gasteiger partial charge is 0.356 e. The molecular weight excluding hydrogens is 282 g/mol. The minimum atomic E-state index is -0.120. The van der Waals surface area contributed by atoms with Gasteiger partial charge in [0.25, 0.3) is 5.56 Å². The Kier molecular flexibility index (Phi) is 3.86. The van der Waals surface area contributed by atoms with Gasteiger partial charge in [0.15, 0.2) is 0 Å². The molecule has 0 amide bonds. The number of rotatable bonds is 2. The zero-order valence-corrected chi connectivity index (χ0v) is 11.8. The maximum absolute atomic E-state index is 11.5. The number of H-pyrrole nitrogens is 1. The highest BCUT2D eigenvalue weighted by Gasteiger charge is 2.24. The van der Waals surface area contributed by atoms with E-state index in [0.29, 0.717) is 10.5 Å². The Morgan fingerprint density at radius 3 is 3.00 bits per heavy atom. The van der Waals surface area contributed by atoms with Gasteiger partial charge in [-0.05, 0) is 34.7 Å². The lowest BCUT2D eigenvalue weighted by atomic mass is 9.86. The number of halogens is 1. The van der Waals surface area contributed by atoms with E-state index >= 15 is 0 Å². The molecule has 2 atom stereocenters. The van der Waals surface area contributed by atoms with Gasteiger partial charge in [-0.2, -0.15) is 0 Å². The van der Waals surface area contributed by atoms with Crippen LogP contribution in [-0.2, 0) is 0 Å². The zero-order chi connectivity index (χ0) is 12.4. The maximum atomic E-state index is 11.5. The molecule has 1 fully saturated rings. The summed E-state index contributed by atoms with van der Waals surface area (Å²) in [4.78, 5) is 20.5. The summed E-state index contributed by atoms with van der Waals surface area (Å²) in [7, 11) is 2.02. The Hall–Kier alpha value is -0.840. The third-order valence-electron chi connectivity index (χ3n) is 3.57. The molecule has 0 aromatic carbocycles. The van der Waals surface area contributed by atoms with E-state index in [1.165, 1.54) is 32.0 Å². The summed E-state index contributed by atoms with van der Waals surface area (Å²) in [5, 5.41) is 0. The van der Waals surface area contributed by atoms with Crippen LogP contribution in [0.4, 0.5) is 5.82 Å². The first-order valence-electron chi connectivity index (χ1n) is 6.05. The first-order valence-corrected chi connectivity index (χ1v) is 6.85. The van der Waals surface area contributed by atoms with Crippen molar-refractivity contribution in [2.75, 3.05) is 11.9 Å². The van der Waals surface area contributed by atoms with Gasteiger partial charge in [0.2, 0.25) is 0 Å². The smallest absolute Gasteiger partial charge is 0.267 e. The number of aromatic nitrogens is 2. The van der Waals surface area contributed by atoms with E-state index in [1.54, 1.807) is 0 Å². The lowest BCUT2D eigenvalue weighted by Crippen LogP contribution is -2.37. The Labute approximate surface area is 110 Å². The summed E-state index contributed by atoms with van der Waals surface area (Å²) in [5.41, 5.74) is -0.120. The number of hydrogen-bond acceptors (Lipinski definition) is 3. The average molecular weight is 300 g/mol. The zero-order valence-electron chi connectivity index (χ0n) is 10.2. The fourth-order valence-corrected chi connectivity index (χ4v) is 3.04. The number of aromatic amines is 1. The lowest BCUT2D eigenvalue weighted by Gasteiger charge is -2.35. The Morgan fingerprint density at radius 2 is 2.29 bits per heavy atom. The summed E-state index contributed by atoms with van der Waals surface area (Å²) in [6.45, 7) is 2.29. The summed E-state index contributed by atoms with van der Waals surface area (Å²) in [6, 6.07) is 0.490. The maximum Gasteiger partial charge on any atom is 0.267 e. The van der Waals surface area contributed by atoms with Gasteiger partial charge in [-0.15, -0.1) is 0 Å². The Balaban J connectivity index is 2.21.